The Morgan fingerprint density at radius 2 is 2.18 bits per heavy atom. The summed E-state index contributed by atoms with van der Waals surface area (Å²) in [6, 6.07) is 8.73. The van der Waals surface area contributed by atoms with Gasteiger partial charge in [0.05, 0.1) is 6.26 Å². The Kier molecular flexibility index (Phi) is 3.94. The van der Waals surface area contributed by atoms with Crippen molar-refractivity contribution < 1.29 is 8.81 Å². The second-order valence-corrected chi connectivity index (χ2v) is 4.08. The molecule has 0 aliphatic carbocycles. The van der Waals surface area contributed by atoms with Crippen LogP contribution in [0.5, 0.6) is 0 Å². The first-order valence-corrected chi connectivity index (χ1v) is 5.74. The van der Waals surface area contributed by atoms with Gasteiger partial charge in [-0.05, 0) is 42.3 Å². The molecule has 0 atom stereocenters. The lowest BCUT2D eigenvalue weighted by molar-refractivity contribution is 0.498. The highest BCUT2D eigenvalue weighted by atomic mass is 19.1. The molecule has 17 heavy (non-hydrogen) atoms. The summed E-state index contributed by atoms with van der Waals surface area (Å²) in [4.78, 5) is 0. The molecule has 1 heterocycles. The molecule has 0 saturated carbocycles. The van der Waals surface area contributed by atoms with Crippen molar-refractivity contribution in [3.63, 3.8) is 0 Å². The van der Waals surface area contributed by atoms with Gasteiger partial charge < -0.3 is 9.73 Å². The van der Waals surface area contributed by atoms with Crippen LogP contribution < -0.4 is 5.32 Å². The van der Waals surface area contributed by atoms with E-state index in [2.05, 4.69) is 5.32 Å². The molecule has 2 rings (SSSR count). The molecule has 90 valence electrons. The SMILES string of the molecule is Cc1cc(F)ccc1CNCCc1ccco1. The number of halogens is 1. The number of benzene rings is 1. The summed E-state index contributed by atoms with van der Waals surface area (Å²) in [5.41, 5.74) is 2.11. The van der Waals surface area contributed by atoms with Crippen molar-refractivity contribution >= 4 is 0 Å². The van der Waals surface area contributed by atoms with Crippen molar-refractivity contribution in [2.75, 3.05) is 6.54 Å². The number of hydrogen-bond acceptors (Lipinski definition) is 2. The van der Waals surface area contributed by atoms with Crippen LogP contribution in [-0.2, 0) is 13.0 Å². The standard InChI is InChI=1S/C14H16FNO/c1-11-9-13(15)5-4-12(11)10-16-7-6-14-3-2-8-17-14/h2-5,8-9,16H,6-7,10H2,1H3. The molecular formula is C14H16FNO. The van der Waals surface area contributed by atoms with Gasteiger partial charge in [-0.1, -0.05) is 6.07 Å². The van der Waals surface area contributed by atoms with Crippen LogP contribution in [0.15, 0.2) is 41.0 Å². The maximum atomic E-state index is 12.9. The van der Waals surface area contributed by atoms with E-state index >= 15 is 0 Å². The zero-order chi connectivity index (χ0) is 12.1. The van der Waals surface area contributed by atoms with Gasteiger partial charge in [-0.2, -0.15) is 0 Å². The Morgan fingerprint density at radius 3 is 2.88 bits per heavy atom. The van der Waals surface area contributed by atoms with E-state index in [-0.39, 0.29) is 5.82 Å². The molecule has 0 spiro atoms. The van der Waals surface area contributed by atoms with Gasteiger partial charge in [0.1, 0.15) is 11.6 Å². The van der Waals surface area contributed by atoms with E-state index in [1.807, 2.05) is 25.1 Å². The van der Waals surface area contributed by atoms with E-state index in [9.17, 15) is 4.39 Å². The molecule has 1 aromatic heterocycles. The number of furan rings is 1. The van der Waals surface area contributed by atoms with Crippen LogP contribution in [0.25, 0.3) is 0 Å². The van der Waals surface area contributed by atoms with Crippen molar-refractivity contribution in [3.8, 4) is 0 Å². The van der Waals surface area contributed by atoms with Crippen LogP contribution in [0.4, 0.5) is 4.39 Å². The van der Waals surface area contributed by atoms with E-state index < -0.39 is 0 Å². The van der Waals surface area contributed by atoms with Crippen molar-refractivity contribution in [2.45, 2.75) is 19.9 Å². The third-order valence-corrected chi connectivity index (χ3v) is 2.75. The van der Waals surface area contributed by atoms with Crippen molar-refractivity contribution in [1.82, 2.24) is 5.32 Å². The molecule has 0 saturated heterocycles. The number of aryl methyl sites for hydroxylation is 1. The number of rotatable bonds is 5. The second kappa shape index (κ2) is 5.64. The quantitative estimate of drug-likeness (QED) is 0.803. The van der Waals surface area contributed by atoms with Gasteiger partial charge in [-0.15, -0.1) is 0 Å². The van der Waals surface area contributed by atoms with Crippen LogP contribution in [0.2, 0.25) is 0 Å². The Morgan fingerprint density at radius 1 is 1.29 bits per heavy atom. The summed E-state index contributed by atoms with van der Waals surface area (Å²) < 4.78 is 18.1. The maximum Gasteiger partial charge on any atom is 0.123 e. The molecular weight excluding hydrogens is 217 g/mol. The topological polar surface area (TPSA) is 25.2 Å². The fraction of sp³-hybridized carbons (Fsp3) is 0.286. The third-order valence-electron chi connectivity index (χ3n) is 2.75. The molecule has 0 radical (unpaired) electrons. The Hall–Kier alpha value is -1.61. The monoisotopic (exact) mass is 233 g/mol. The van der Waals surface area contributed by atoms with Crippen molar-refractivity contribution in [2.24, 2.45) is 0 Å². The molecule has 3 heteroatoms. The first-order valence-electron chi connectivity index (χ1n) is 5.74. The zero-order valence-electron chi connectivity index (χ0n) is 9.87. The van der Waals surface area contributed by atoms with E-state index in [0.717, 1.165) is 36.4 Å². The average molecular weight is 233 g/mol. The summed E-state index contributed by atoms with van der Waals surface area (Å²) in [6.07, 6.45) is 2.55. The summed E-state index contributed by atoms with van der Waals surface area (Å²) in [6.45, 7) is 3.53. The van der Waals surface area contributed by atoms with Gasteiger partial charge >= 0.3 is 0 Å². The number of hydrogen-bond donors (Lipinski definition) is 1. The minimum atomic E-state index is -0.179. The predicted octanol–water partition coefficient (Wildman–Crippen LogP) is 3.06. The minimum Gasteiger partial charge on any atom is -0.469 e. The molecule has 2 aromatic rings. The normalized spacial score (nSPS) is 10.7. The van der Waals surface area contributed by atoms with Gasteiger partial charge in [0, 0.05) is 19.5 Å². The van der Waals surface area contributed by atoms with Gasteiger partial charge in [-0.25, -0.2) is 4.39 Å². The van der Waals surface area contributed by atoms with Crippen molar-refractivity contribution in [1.29, 1.82) is 0 Å². The molecule has 0 amide bonds. The molecule has 0 aliphatic heterocycles. The first-order chi connectivity index (χ1) is 8.25. The summed E-state index contributed by atoms with van der Waals surface area (Å²) in [5, 5.41) is 3.32. The smallest absolute Gasteiger partial charge is 0.123 e. The Balaban J connectivity index is 1.78. The summed E-state index contributed by atoms with van der Waals surface area (Å²) in [7, 11) is 0. The van der Waals surface area contributed by atoms with Crippen LogP contribution >= 0.6 is 0 Å². The van der Waals surface area contributed by atoms with Gasteiger partial charge in [-0.3, -0.25) is 0 Å². The van der Waals surface area contributed by atoms with Crippen LogP contribution in [-0.4, -0.2) is 6.54 Å². The van der Waals surface area contributed by atoms with Gasteiger partial charge in [0.15, 0.2) is 0 Å². The highest BCUT2D eigenvalue weighted by molar-refractivity contribution is 5.26. The largest absolute Gasteiger partial charge is 0.469 e. The highest BCUT2D eigenvalue weighted by Crippen LogP contribution is 2.09. The van der Waals surface area contributed by atoms with Crippen LogP contribution in [0, 0.1) is 12.7 Å². The zero-order valence-corrected chi connectivity index (χ0v) is 9.87. The molecule has 1 aromatic carbocycles. The van der Waals surface area contributed by atoms with Crippen LogP contribution in [0.1, 0.15) is 16.9 Å². The molecule has 0 aliphatic rings. The highest BCUT2D eigenvalue weighted by Gasteiger charge is 2.00. The first kappa shape index (κ1) is 11.9. The van der Waals surface area contributed by atoms with Crippen molar-refractivity contribution in [3.05, 3.63) is 59.3 Å². The third kappa shape index (κ3) is 3.43. The summed E-state index contributed by atoms with van der Waals surface area (Å²) >= 11 is 0. The van der Waals surface area contributed by atoms with Gasteiger partial charge in [0.25, 0.3) is 0 Å². The fourth-order valence-corrected chi connectivity index (χ4v) is 1.75. The molecule has 1 N–H and O–H groups in total. The lowest BCUT2D eigenvalue weighted by Gasteiger charge is -2.07. The molecule has 2 nitrogen and oxygen atoms in total. The second-order valence-electron chi connectivity index (χ2n) is 4.08. The maximum absolute atomic E-state index is 12.9. The predicted molar refractivity (Wildman–Crippen MR) is 65.3 cm³/mol. The minimum absolute atomic E-state index is 0.179. The van der Waals surface area contributed by atoms with E-state index in [1.54, 1.807) is 12.3 Å². The Bertz CT molecular complexity index is 465. The molecule has 0 fully saturated rings. The van der Waals surface area contributed by atoms with E-state index in [4.69, 9.17) is 4.42 Å². The number of nitrogens with one attached hydrogen (secondary N) is 1. The molecule has 0 bridgehead atoms. The molecule has 0 unspecified atom stereocenters. The van der Waals surface area contributed by atoms with E-state index in [1.165, 1.54) is 6.07 Å². The fourth-order valence-electron chi connectivity index (χ4n) is 1.75. The van der Waals surface area contributed by atoms with E-state index in [0.29, 0.717) is 0 Å². The average Bonchev–Trinajstić information content (AvgIpc) is 2.79. The lowest BCUT2D eigenvalue weighted by Crippen LogP contribution is -2.17. The summed E-state index contributed by atoms with van der Waals surface area (Å²) in [5.74, 6) is 0.801. The van der Waals surface area contributed by atoms with Crippen LogP contribution in [0.3, 0.4) is 0 Å². The Labute approximate surface area is 100 Å². The lowest BCUT2D eigenvalue weighted by atomic mass is 10.1. The van der Waals surface area contributed by atoms with Gasteiger partial charge in [0.2, 0.25) is 0 Å².